The number of ether oxygens (including phenoxy) is 1. The van der Waals surface area contributed by atoms with Crippen LogP contribution in [0.25, 0.3) is 0 Å². The van der Waals surface area contributed by atoms with Crippen molar-refractivity contribution in [3.63, 3.8) is 0 Å². The average molecular weight is 396 g/mol. The van der Waals surface area contributed by atoms with Crippen molar-refractivity contribution in [3.05, 3.63) is 59.9 Å². The molecule has 1 N–H and O–H groups in total. The first-order valence-corrected chi connectivity index (χ1v) is 9.11. The zero-order chi connectivity index (χ0) is 19.4. The van der Waals surface area contributed by atoms with Gasteiger partial charge in [0.15, 0.2) is 18.2 Å². The lowest BCUT2D eigenvalue weighted by molar-refractivity contribution is -0.137. The smallest absolute Gasteiger partial charge is 0.261 e. The van der Waals surface area contributed by atoms with E-state index in [1.54, 1.807) is 6.07 Å². The third-order valence-corrected chi connectivity index (χ3v) is 4.89. The number of nitrogens with zero attached hydrogens (tertiary/aromatic N) is 1. The molecule has 3 rings (SSSR count). The van der Waals surface area contributed by atoms with Crippen LogP contribution < -0.4 is 10.1 Å². The summed E-state index contributed by atoms with van der Waals surface area (Å²) in [7, 11) is 0. The Morgan fingerprint density at radius 3 is 2.67 bits per heavy atom. The molecule has 142 valence electrons. The van der Waals surface area contributed by atoms with Crippen LogP contribution in [-0.2, 0) is 9.59 Å². The van der Waals surface area contributed by atoms with Gasteiger partial charge in [-0.05, 0) is 24.3 Å². The Hall–Kier alpha value is -2.68. The molecule has 2 aromatic carbocycles. The van der Waals surface area contributed by atoms with Crippen molar-refractivity contribution >= 4 is 29.3 Å². The number of carbonyl (C=O) groups is 2. The minimum atomic E-state index is -0.924. The number of hydrogen-bond acceptors (Lipinski definition) is 4. The average Bonchev–Trinajstić information content (AvgIpc) is 3.13. The zero-order valence-corrected chi connectivity index (χ0v) is 14.8. The van der Waals surface area contributed by atoms with Crippen LogP contribution in [0.4, 0.5) is 18.9 Å². The van der Waals surface area contributed by atoms with Crippen molar-refractivity contribution in [2.45, 2.75) is 6.04 Å². The number of rotatable bonds is 5. The Kier molecular flexibility index (Phi) is 5.90. The summed E-state index contributed by atoms with van der Waals surface area (Å²) in [6.07, 6.45) is 0. The van der Waals surface area contributed by atoms with Crippen molar-refractivity contribution < 1.29 is 27.5 Å². The first kappa shape index (κ1) is 19.1. The van der Waals surface area contributed by atoms with E-state index in [-0.39, 0.29) is 17.3 Å². The molecule has 1 saturated heterocycles. The Labute approximate surface area is 157 Å². The maximum Gasteiger partial charge on any atom is 0.261 e. The minimum Gasteiger partial charge on any atom is -0.481 e. The van der Waals surface area contributed by atoms with Crippen LogP contribution in [0, 0.1) is 17.5 Å². The number of anilines is 1. The van der Waals surface area contributed by atoms with Gasteiger partial charge in [0.05, 0.1) is 11.6 Å². The van der Waals surface area contributed by atoms with Crippen LogP contribution in [-0.4, -0.2) is 41.0 Å². The number of thioether (sulfide) groups is 1. The van der Waals surface area contributed by atoms with Crippen LogP contribution in [0.2, 0.25) is 0 Å². The van der Waals surface area contributed by atoms with Crippen molar-refractivity contribution in [1.82, 2.24) is 4.90 Å². The number of hydrogen-bond donors (Lipinski definition) is 1. The van der Waals surface area contributed by atoms with Gasteiger partial charge in [-0.25, -0.2) is 13.2 Å². The Bertz CT molecular complexity index is 865. The van der Waals surface area contributed by atoms with E-state index in [1.807, 2.05) is 0 Å². The lowest BCUT2D eigenvalue weighted by Crippen LogP contribution is -2.46. The van der Waals surface area contributed by atoms with Gasteiger partial charge in [-0.15, -0.1) is 11.8 Å². The predicted octanol–water partition coefficient (Wildman–Crippen LogP) is 3.02. The molecule has 1 aliphatic heterocycles. The molecule has 1 atom stereocenters. The first-order chi connectivity index (χ1) is 13.0. The fourth-order valence-electron chi connectivity index (χ4n) is 2.50. The third kappa shape index (κ3) is 4.54. The second-order valence-electron chi connectivity index (χ2n) is 5.71. The first-order valence-electron chi connectivity index (χ1n) is 7.96. The molecule has 0 aromatic heterocycles. The molecule has 5 nitrogen and oxygen atoms in total. The number of para-hydroxylation sites is 1. The van der Waals surface area contributed by atoms with E-state index in [0.29, 0.717) is 11.8 Å². The van der Waals surface area contributed by atoms with E-state index in [1.165, 1.54) is 34.9 Å². The molecule has 1 heterocycles. The molecule has 1 aliphatic rings. The van der Waals surface area contributed by atoms with E-state index in [4.69, 9.17) is 4.74 Å². The van der Waals surface area contributed by atoms with Crippen molar-refractivity contribution in [3.8, 4) is 5.75 Å². The van der Waals surface area contributed by atoms with Gasteiger partial charge in [0.1, 0.15) is 17.7 Å². The summed E-state index contributed by atoms with van der Waals surface area (Å²) >= 11 is 1.36. The highest BCUT2D eigenvalue weighted by atomic mass is 32.2. The third-order valence-electron chi connectivity index (χ3n) is 3.88. The number of halogens is 3. The van der Waals surface area contributed by atoms with Crippen LogP contribution >= 0.6 is 11.8 Å². The monoisotopic (exact) mass is 396 g/mol. The fraction of sp³-hybridized carbons (Fsp3) is 0.222. The minimum absolute atomic E-state index is 0.0245. The molecule has 0 spiro atoms. The molecule has 9 heteroatoms. The Morgan fingerprint density at radius 2 is 1.93 bits per heavy atom. The highest BCUT2D eigenvalue weighted by Gasteiger charge is 2.35. The summed E-state index contributed by atoms with van der Waals surface area (Å²) in [5, 5.41) is 2.46. The maximum atomic E-state index is 13.7. The van der Waals surface area contributed by atoms with Crippen molar-refractivity contribution in [2.75, 3.05) is 23.6 Å². The van der Waals surface area contributed by atoms with Crippen molar-refractivity contribution in [1.29, 1.82) is 0 Å². The maximum absolute atomic E-state index is 13.7. The largest absolute Gasteiger partial charge is 0.481 e. The molecule has 27 heavy (non-hydrogen) atoms. The number of amides is 2. The zero-order valence-electron chi connectivity index (χ0n) is 14.0. The molecule has 2 aromatic rings. The van der Waals surface area contributed by atoms with Crippen molar-refractivity contribution in [2.24, 2.45) is 0 Å². The van der Waals surface area contributed by atoms with Gasteiger partial charge in [0.2, 0.25) is 5.91 Å². The van der Waals surface area contributed by atoms with Gasteiger partial charge in [-0.1, -0.05) is 12.1 Å². The molecule has 0 bridgehead atoms. The summed E-state index contributed by atoms with van der Waals surface area (Å²) in [4.78, 5) is 26.1. The highest BCUT2D eigenvalue weighted by molar-refractivity contribution is 7.99. The van der Waals surface area contributed by atoms with Crippen LogP contribution in [0.15, 0.2) is 42.5 Å². The summed E-state index contributed by atoms with van der Waals surface area (Å²) in [5.41, 5.74) is 0.0245. The SMILES string of the molecule is O=C(Nc1ccccc1F)[C@H]1CSCN1C(=O)COc1ccc(F)cc1F. The second kappa shape index (κ2) is 8.34. The topological polar surface area (TPSA) is 58.6 Å². The van der Waals surface area contributed by atoms with E-state index in [9.17, 15) is 22.8 Å². The van der Waals surface area contributed by atoms with Crippen LogP contribution in [0.1, 0.15) is 0 Å². The van der Waals surface area contributed by atoms with Gasteiger partial charge in [0.25, 0.3) is 5.91 Å². The van der Waals surface area contributed by atoms with Gasteiger partial charge >= 0.3 is 0 Å². The summed E-state index contributed by atoms with van der Waals surface area (Å²) in [6.45, 7) is -0.507. The number of nitrogens with one attached hydrogen (secondary N) is 1. The van der Waals surface area contributed by atoms with Crippen LogP contribution in [0.5, 0.6) is 5.75 Å². The summed E-state index contributed by atoms with van der Waals surface area (Å²) in [5.74, 6) is -2.97. The molecule has 1 fully saturated rings. The molecular formula is C18H15F3N2O3S. The van der Waals surface area contributed by atoms with E-state index in [0.717, 1.165) is 12.1 Å². The van der Waals surface area contributed by atoms with Gasteiger partial charge < -0.3 is 15.0 Å². The quantitative estimate of drug-likeness (QED) is 0.844. The predicted molar refractivity (Wildman–Crippen MR) is 94.8 cm³/mol. The molecule has 0 saturated carbocycles. The molecule has 0 aliphatic carbocycles. The Morgan fingerprint density at radius 1 is 1.15 bits per heavy atom. The number of benzene rings is 2. The van der Waals surface area contributed by atoms with Gasteiger partial charge in [0, 0.05) is 11.8 Å². The molecule has 0 radical (unpaired) electrons. The normalized spacial score (nSPS) is 16.3. The second-order valence-corrected chi connectivity index (χ2v) is 6.71. The van der Waals surface area contributed by atoms with E-state index in [2.05, 4.69) is 5.32 Å². The molecule has 2 amide bonds. The summed E-state index contributed by atoms with van der Waals surface area (Å²) in [6, 6.07) is 7.65. The fourth-order valence-corrected chi connectivity index (χ4v) is 3.68. The van der Waals surface area contributed by atoms with Gasteiger partial charge in [-0.2, -0.15) is 0 Å². The lowest BCUT2D eigenvalue weighted by atomic mass is 10.2. The molecule has 0 unspecified atom stereocenters. The van der Waals surface area contributed by atoms with Crippen LogP contribution in [0.3, 0.4) is 0 Å². The summed E-state index contributed by atoms with van der Waals surface area (Å²) < 4.78 is 45.2. The molecular weight excluding hydrogens is 381 g/mol. The van der Waals surface area contributed by atoms with E-state index < -0.39 is 41.9 Å². The number of carbonyl (C=O) groups excluding carboxylic acids is 2. The van der Waals surface area contributed by atoms with E-state index >= 15 is 0 Å². The van der Waals surface area contributed by atoms with Gasteiger partial charge in [-0.3, -0.25) is 9.59 Å². The highest BCUT2D eigenvalue weighted by Crippen LogP contribution is 2.24. The lowest BCUT2D eigenvalue weighted by Gasteiger charge is -2.23. The Balaban J connectivity index is 1.62. The standard InChI is InChI=1S/C18H15F3N2O3S/c19-11-5-6-16(13(21)7-11)26-8-17(24)23-10-27-9-15(23)18(25)22-14-4-2-1-3-12(14)20/h1-7,15H,8-10H2,(H,22,25)/t15-/m1/s1.